The Morgan fingerprint density at radius 1 is 1.02 bits per heavy atom. The lowest BCUT2D eigenvalue weighted by Crippen LogP contribution is -2.47. The topological polar surface area (TPSA) is 114 Å². The lowest BCUT2D eigenvalue weighted by atomic mass is 9.71. The van der Waals surface area contributed by atoms with E-state index < -0.39 is 5.60 Å². The van der Waals surface area contributed by atoms with Gasteiger partial charge in [0.15, 0.2) is 17.1 Å². The van der Waals surface area contributed by atoms with E-state index in [1.54, 1.807) is 35.2 Å². The van der Waals surface area contributed by atoms with Crippen LogP contribution in [0.3, 0.4) is 0 Å². The summed E-state index contributed by atoms with van der Waals surface area (Å²) >= 11 is 0. The van der Waals surface area contributed by atoms with E-state index in [2.05, 4.69) is 45.9 Å². The first-order valence-corrected chi connectivity index (χ1v) is 15.0. The number of aliphatic hydroxyl groups is 1. The summed E-state index contributed by atoms with van der Waals surface area (Å²) in [5.74, 6) is 0.832. The molecule has 0 atom stereocenters. The maximum atomic E-state index is 13.3. The summed E-state index contributed by atoms with van der Waals surface area (Å²) in [4.78, 5) is 32.2. The first kappa shape index (κ1) is 27.8. The Kier molecular flexibility index (Phi) is 7.03. The average molecular weight is 583 g/mol. The fraction of sp³-hybridized carbons (Fsp3) is 0.438. The van der Waals surface area contributed by atoms with Crippen molar-refractivity contribution >= 4 is 28.4 Å². The van der Waals surface area contributed by atoms with Crippen LogP contribution in [0.5, 0.6) is 0 Å². The number of aromatic nitrogens is 5. The number of nitrogens with zero attached hydrogens (tertiary/aromatic N) is 7. The van der Waals surface area contributed by atoms with Crippen LogP contribution in [0.15, 0.2) is 66.1 Å². The molecule has 43 heavy (non-hydrogen) atoms. The number of piperidine rings is 2. The maximum absolute atomic E-state index is 13.3. The zero-order chi connectivity index (χ0) is 29.6. The van der Waals surface area contributed by atoms with E-state index in [1.807, 2.05) is 12.1 Å². The van der Waals surface area contributed by atoms with Gasteiger partial charge in [0.05, 0.1) is 25.5 Å². The number of nitrogens with one attached hydrogen (secondary N) is 1. The molecule has 224 valence electrons. The number of ether oxygens (including phenoxy) is 1. The van der Waals surface area contributed by atoms with Crippen LogP contribution in [0, 0.1) is 5.41 Å². The Hall–Kier alpha value is -4.06. The van der Waals surface area contributed by atoms with Crippen molar-refractivity contribution in [3.63, 3.8) is 0 Å². The number of fused-ring (bicyclic) bond motifs is 1. The fourth-order valence-corrected chi connectivity index (χ4v) is 6.57. The van der Waals surface area contributed by atoms with Crippen molar-refractivity contribution < 1.29 is 9.84 Å². The molecule has 3 aliphatic heterocycles. The highest BCUT2D eigenvalue weighted by molar-refractivity contribution is 5.77. The predicted octanol–water partition coefficient (Wildman–Crippen LogP) is 3.44. The van der Waals surface area contributed by atoms with E-state index in [0.717, 1.165) is 18.8 Å². The molecule has 4 aromatic rings. The molecule has 0 amide bonds. The van der Waals surface area contributed by atoms with Gasteiger partial charge in [0.25, 0.3) is 5.56 Å². The third-order valence-corrected chi connectivity index (χ3v) is 9.45. The van der Waals surface area contributed by atoms with Gasteiger partial charge in [-0.3, -0.25) is 4.79 Å². The zero-order valence-electron chi connectivity index (χ0n) is 24.6. The molecule has 0 saturated carbocycles. The van der Waals surface area contributed by atoms with Gasteiger partial charge in [-0.15, -0.1) is 6.58 Å². The van der Waals surface area contributed by atoms with Gasteiger partial charge in [0, 0.05) is 30.7 Å². The van der Waals surface area contributed by atoms with Gasteiger partial charge < -0.3 is 25.0 Å². The summed E-state index contributed by atoms with van der Waals surface area (Å²) in [6.45, 7) is 9.05. The molecule has 7 rings (SSSR count). The Labute approximate surface area is 250 Å². The minimum atomic E-state index is -1.14. The van der Waals surface area contributed by atoms with E-state index in [4.69, 9.17) is 14.7 Å². The maximum Gasteiger partial charge on any atom is 0.278 e. The van der Waals surface area contributed by atoms with Crippen molar-refractivity contribution in [3.8, 4) is 5.82 Å². The lowest BCUT2D eigenvalue weighted by Gasteiger charge is -2.46. The Morgan fingerprint density at radius 2 is 1.74 bits per heavy atom. The molecule has 1 aromatic carbocycles. The van der Waals surface area contributed by atoms with Crippen LogP contribution in [0.4, 0.5) is 17.3 Å². The number of benzene rings is 1. The van der Waals surface area contributed by atoms with Gasteiger partial charge in [0.2, 0.25) is 5.95 Å². The van der Waals surface area contributed by atoms with Crippen LogP contribution in [-0.4, -0.2) is 80.8 Å². The van der Waals surface area contributed by atoms with E-state index in [1.165, 1.54) is 49.1 Å². The largest absolute Gasteiger partial charge is 0.379 e. The molecule has 6 heterocycles. The van der Waals surface area contributed by atoms with Gasteiger partial charge in [0.1, 0.15) is 5.39 Å². The number of hydrogen-bond donors (Lipinski definition) is 2. The molecular formula is C32H38N8O3. The fourth-order valence-electron chi connectivity index (χ4n) is 6.57. The molecule has 3 saturated heterocycles. The first-order chi connectivity index (χ1) is 20.9. The second-order valence-electron chi connectivity index (χ2n) is 12.3. The molecule has 0 unspecified atom stereocenters. The minimum absolute atomic E-state index is 0.181. The minimum Gasteiger partial charge on any atom is -0.379 e. The van der Waals surface area contributed by atoms with Crippen molar-refractivity contribution in [2.24, 2.45) is 5.41 Å². The van der Waals surface area contributed by atoms with E-state index in [0.29, 0.717) is 33.9 Å². The van der Waals surface area contributed by atoms with Gasteiger partial charge in [-0.25, -0.2) is 19.3 Å². The van der Waals surface area contributed by atoms with Gasteiger partial charge in [-0.2, -0.15) is 4.98 Å². The Morgan fingerprint density at radius 3 is 2.42 bits per heavy atom. The molecule has 3 aliphatic rings. The van der Waals surface area contributed by atoms with E-state index in [-0.39, 0.29) is 25.3 Å². The normalized spacial score (nSPS) is 19.8. The number of anilines is 3. The highest BCUT2D eigenvalue weighted by Crippen LogP contribution is 2.42. The average Bonchev–Trinajstić information content (AvgIpc) is 3.29. The molecule has 0 radical (unpaired) electrons. The Bertz CT molecular complexity index is 1690. The van der Waals surface area contributed by atoms with Crippen molar-refractivity contribution in [1.29, 1.82) is 0 Å². The van der Waals surface area contributed by atoms with E-state index in [9.17, 15) is 9.90 Å². The monoisotopic (exact) mass is 582 g/mol. The van der Waals surface area contributed by atoms with Crippen LogP contribution in [-0.2, 0) is 16.9 Å². The van der Waals surface area contributed by atoms with Crippen LogP contribution in [0.2, 0.25) is 0 Å². The number of hydrogen-bond acceptors (Lipinski definition) is 9. The molecule has 2 N–H and O–H groups in total. The quantitative estimate of drug-likeness (QED) is 0.317. The SMILES string of the molecule is C=CCn1c(=O)c2cnc(Nc3ccc(N4CCC5(CCN(C)CC5)CC4)cc3)nc2n1-c1cccc(C2(O)COC2)n1. The molecule has 1 spiro atoms. The molecular weight excluding hydrogens is 544 g/mol. The lowest BCUT2D eigenvalue weighted by molar-refractivity contribution is -0.186. The van der Waals surface area contributed by atoms with Crippen LogP contribution < -0.4 is 15.8 Å². The van der Waals surface area contributed by atoms with Crippen molar-refractivity contribution in [3.05, 3.63) is 77.4 Å². The predicted molar refractivity (Wildman–Crippen MR) is 166 cm³/mol. The molecule has 3 aromatic heterocycles. The Balaban J connectivity index is 1.13. The highest BCUT2D eigenvalue weighted by Gasteiger charge is 2.40. The van der Waals surface area contributed by atoms with Gasteiger partial charge in [-0.1, -0.05) is 12.1 Å². The number of pyridine rings is 1. The van der Waals surface area contributed by atoms with Crippen LogP contribution >= 0.6 is 0 Å². The highest BCUT2D eigenvalue weighted by atomic mass is 16.5. The first-order valence-electron chi connectivity index (χ1n) is 15.0. The van der Waals surface area contributed by atoms with Crippen molar-refractivity contribution in [1.82, 2.24) is 29.2 Å². The third-order valence-electron chi connectivity index (χ3n) is 9.45. The smallest absolute Gasteiger partial charge is 0.278 e. The van der Waals surface area contributed by atoms with Gasteiger partial charge in [-0.05, 0) is 87.6 Å². The van der Waals surface area contributed by atoms with Crippen LogP contribution in [0.1, 0.15) is 31.4 Å². The molecule has 3 fully saturated rings. The number of rotatable bonds is 7. The second kappa shape index (κ2) is 10.9. The summed E-state index contributed by atoms with van der Waals surface area (Å²) in [6, 6.07) is 13.7. The number of likely N-dealkylation sites (tertiary alicyclic amines) is 1. The second-order valence-corrected chi connectivity index (χ2v) is 12.3. The summed E-state index contributed by atoms with van der Waals surface area (Å²) in [5.41, 5.74) is 2.12. The van der Waals surface area contributed by atoms with Crippen LogP contribution in [0.25, 0.3) is 16.9 Å². The third kappa shape index (κ3) is 5.11. The summed E-state index contributed by atoms with van der Waals surface area (Å²) in [5, 5.41) is 14.5. The van der Waals surface area contributed by atoms with Crippen molar-refractivity contribution in [2.45, 2.75) is 37.8 Å². The van der Waals surface area contributed by atoms with E-state index >= 15 is 0 Å². The molecule has 11 heteroatoms. The van der Waals surface area contributed by atoms with Gasteiger partial charge >= 0.3 is 0 Å². The number of allylic oxidation sites excluding steroid dienone is 1. The molecule has 0 aliphatic carbocycles. The summed E-state index contributed by atoms with van der Waals surface area (Å²) in [6.07, 6.45) is 8.33. The standard InChI is InChI=1S/C32H38N8O3/c1-3-15-39-29(41)25-20-33-30(36-28(25)40(39)27-6-4-5-26(35-27)32(42)21-43-22-32)34-23-7-9-24(10-8-23)38-18-13-31(14-19-38)11-16-37(2)17-12-31/h3-10,20,42H,1,11-19,21-22H2,2H3,(H,33,34,36). The van der Waals surface area contributed by atoms with Crippen molar-refractivity contribution in [2.75, 3.05) is 56.7 Å². The summed E-state index contributed by atoms with van der Waals surface area (Å²) in [7, 11) is 2.23. The zero-order valence-corrected chi connectivity index (χ0v) is 24.6. The molecule has 0 bridgehead atoms. The molecule has 11 nitrogen and oxygen atoms in total. The summed E-state index contributed by atoms with van der Waals surface area (Å²) < 4.78 is 8.40.